The van der Waals surface area contributed by atoms with Gasteiger partial charge in [0.1, 0.15) is 5.76 Å². The maximum Gasteiger partial charge on any atom is 0.195 e. The Morgan fingerprint density at radius 3 is 2.81 bits per heavy atom. The number of hydrogen-bond donors (Lipinski definition) is 1. The van der Waals surface area contributed by atoms with E-state index in [1.54, 1.807) is 0 Å². The number of hydrogen-bond acceptors (Lipinski definition) is 3. The van der Waals surface area contributed by atoms with Crippen LogP contribution < -0.4 is 5.32 Å². The molecular formula is C18H26N2O. The Bertz CT molecular complexity index is 546. The molecule has 3 nitrogen and oxygen atoms in total. The number of aryl methyl sites for hydroxylation is 3. The van der Waals surface area contributed by atoms with Gasteiger partial charge in [-0.2, -0.15) is 0 Å². The third-order valence-electron chi connectivity index (χ3n) is 3.41. The molecule has 0 saturated heterocycles. The van der Waals surface area contributed by atoms with Gasteiger partial charge in [0, 0.05) is 19.4 Å². The van der Waals surface area contributed by atoms with Crippen molar-refractivity contribution in [1.82, 2.24) is 10.3 Å². The Hall–Kier alpha value is -1.61. The Morgan fingerprint density at radius 2 is 2.05 bits per heavy atom. The highest BCUT2D eigenvalue weighted by Crippen LogP contribution is 2.11. The molecule has 0 saturated carbocycles. The molecule has 3 heteroatoms. The van der Waals surface area contributed by atoms with Gasteiger partial charge in [-0.3, -0.25) is 0 Å². The summed E-state index contributed by atoms with van der Waals surface area (Å²) in [5.41, 5.74) is 2.66. The van der Waals surface area contributed by atoms with E-state index in [2.05, 4.69) is 55.3 Å². The van der Waals surface area contributed by atoms with Crippen molar-refractivity contribution in [3.05, 3.63) is 53.2 Å². The molecule has 1 heterocycles. The zero-order valence-corrected chi connectivity index (χ0v) is 13.4. The summed E-state index contributed by atoms with van der Waals surface area (Å²) in [7, 11) is 0. The predicted octanol–water partition coefficient (Wildman–Crippen LogP) is 3.56. The molecule has 2 rings (SSSR count). The van der Waals surface area contributed by atoms with Crippen molar-refractivity contribution in [3.63, 3.8) is 0 Å². The van der Waals surface area contributed by atoms with Crippen LogP contribution in [0.4, 0.5) is 0 Å². The normalized spacial score (nSPS) is 11.2. The lowest BCUT2D eigenvalue weighted by atomic mass is 10.1. The van der Waals surface area contributed by atoms with Crippen LogP contribution in [0.25, 0.3) is 0 Å². The Morgan fingerprint density at radius 1 is 1.19 bits per heavy atom. The van der Waals surface area contributed by atoms with E-state index in [1.165, 1.54) is 11.1 Å². The van der Waals surface area contributed by atoms with Gasteiger partial charge in [0.05, 0.1) is 6.20 Å². The lowest BCUT2D eigenvalue weighted by Gasteiger charge is -2.05. The SMILES string of the molecule is Cc1cccc(CCc2cnc(CCNCC(C)C)o2)c1. The van der Waals surface area contributed by atoms with Crippen LogP contribution in [0, 0.1) is 12.8 Å². The van der Waals surface area contributed by atoms with E-state index < -0.39 is 0 Å². The van der Waals surface area contributed by atoms with Crippen LogP contribution in [-0.2, 0) is 19.3 Å². The molecule has 114 valence electrons. The molecule has 0 radical (unpaired) electrons. The largest absolute Gasteiger partial charge is 0.446 e. The highest BCUT2D eigenvalue weighted by atomic mass is 16.4. The monoisotopic (exact) mass is 286 g/mol. The summed E-state index contributed by atoms with van der Waals surface area (Å²) in [6.07, 6.45) is 4.64. The number of rotatable bonds is 8. The minimum atomic E-state index is 0.680. The summed E-state index contributed by atoms with van der Waals surface area (Å²) in [6.45, 7) is 8.51. The molecule has 21 heavy (non-hydrogen) atoms. The van der Waals surface area contributed by atoms with E-state index in [0.29, 0.717) is 5.92 Å². The van der Waals surface area contributed by atoms with Crippen LogP contribution in [-0.4, -0.2) is 18.1 Å². The van der Waals surface area contributed by atoms with Gasteiger partial charge in [-0.15, -0.1) is 0 Å². The smallest absolute Gasteiger partial charge is 0.195 e. The van der Waals surface area contributed by atoms with Crippen molar-refractivity contribution in [3.8, 4) is 0 Å². The fourth-order valence-electron chi connectivity index (χ4n) is 2.30. The van der Waals surface area contributed by atoms with Gasteiger partial charge in [-0.25, -0.2) is 4.98 Å². The zero-order valence-electron chi connectivity index (χ0n) is 13.4. The lowest BCUT2D eigenvalue weighted by molar-refractivity contribution is 0.443. The molecular weight excluding hydrogens is 260 g/mol. The molecule has 1 N–H and O–H groups in total. The highest BCUT2D eigenvalue weighted by molar-refractivity contribution is 5.22. The lowest BCUT2D eigenvalue weighted by Crippen LogP contribution is -2.22. The van der Waals surface area contributed by atoms with Crippen molar-refractivity contribution in [2.75, 3.05) is 13.1 Å². The fourth-order valence-corrected chi connectivity index (χ4v) is 2.30. The van der Waals surface area contributed by atoms with Gasteiger partial charge in [0.2, 0.25) is 0 Å². The van der Waals surface area contributed by atoms with Crippen LogP contribution >= 0.6 is 0 Å². The van der Waals surface area contributed by atoms with Gasteiger partial charge in [-0.05, 0) is 31.4 Å². The van der Waals surface area contributed by atoms with Crippen molar-refractivity contribution in [2.45, 2.75) is 40.0 Å². The maximum atomic E-state index is 5.79. The summed E-state index contributed by atoms with van der Waals surface area (Å²) in [5, 5.41) is 3.41. The summed E-state index contributed by atoms with van der Waals surface area (Å²) in [4.78, 5) is 4.36. The maximum absolute atomic E-state index is 5.79. The third-order valence-corrected chi connectivity index (χ3v) is 3.41. The van der Waals surface area contributed by atoms with Gasteiger partial charge in [-0.1, -0.05) is 43.7 Å². The van der Waals surface area contributed by atoms with E-state index in [9.17, 15) is 0 Å². The van der Waals surface area contributed by atoms with Crippen LogP contribution in [0.15, 0.2) is 34.9 Å². The Labute approximate surface area is 127 Å². The number of oxazole rings is 1. The molecule has 0 unspecified atom stereocenters. The van der Waals surface area contributed by atoms with Crippen molar-refractivity contribution in [1.29, 1.82) is 0 Å². The molecule has 0 bridgehead atoms. The molecule has 0 amide bonds. The number of aromatic nitrogens is 1. The second kappa shape index (κ2) is 7.99. The molecule has 0 aliphatic heterocycles. The highest BCUT2D eigenvalue weighted by Gasteiger charge is 2.04. The van der Waals surface area contributed by atoms with Gasteiger partial charge < -0.3 is 9.73 Å². The van der Waals surface area contributed by atoms with Crippen LogP contribution in [0.1, 0.15) is 36.6 Å². The first kappa shape index (κ1) is 15.8. The average Bonchev–Trinajstić information content (AvgIpc) is 2.89. The second-order valence-electron chi connectivity index (χ2n) is 6.06. The summed E-state index contributed by atoms with van der Waals surface area (Å²) in [6, 6.07) is 8.63. The zero-order chi connectivity index (χ0) is 15.1. The van der Waals surface area contributed by atoms with E-state index in [0.717, 1.165) is 44.0 Å². The molecule has 0 aliphatic carbocycles. The first-order valence-corrected chi connectivity index (χ1v) is 7.83. The Balaban J connectivity index is 1.75. The van der Waals surface area contributed by atoms with E-state index >= 15 is 0 Å². The molecule has 0 aliphatic rings. The molecule has 1 aromatic carbocycles. The average molecular weight is 286 g/mol. The van der Waals surface area contributed by atoms with Crippen LogP contribution in [0.3, 0.4) is 0 Å². The second-order valence-corrected chi connectivity index (χ2v) is 6.06. The van der Waals surface area contributed by atoms with Crippen LogP contribution in [0.5, 0.6) is 0 Å². The van der Waals surface area contributed by atoms with Crippen molar-refractivity contribution in [2.24, 2.45) is 5.92 Å². The molecule has 0 spiro atoms. The molecule has 0 atom stereocenters. The minimum Gasteiger partial charge on any atom is -0.446 e. The topological polar surface area (TPSA) is 38.1 Å². The van der Waals surface area contributed by atoms with Gasteiger partial charge >= 0.3 is 0 Å². The van der Waals surface area contributed by atoms with E-state index in [-0.39, 0.29) is 0 Å². The summed E-state index contributed by atoms with van der Waals surface area (Å²) < 4.78 is 5.79. The van der Waals surface area contributed by atoms with Crippen LogP contribution in [0.2, 0.25) is 0 Å². The quantitative estimate of drug-likeness (QED) is 0.754. The molecule has 2 aromatic rings. The number of benzene rings is 1. The summed E-state index contributed by atoms with van der Waals surface area (Å²) in [5.74, 6) is 2.50. The molecule has 1 aromatic heterocycles. The van der Waals surface area contributed by atoms with E-state index in [1.807, 2.05) is 6.20 Å². The Kier molecular flexibility index (Phi) is 6.00. The minimum absolute atomic E-state index is 0.680. The third kappa shape index (κ3) is 5.72. The first-order valence-electron chi connectivity index (χ1n) is 7.83. The number of nitrogens with zero attached hydrogens (tertiary/aromatic N) is 1. The standard InChI is InChI=1S/C18H26N2O/c1-14(2)12-19-10-9-18-20-13-17(21-18)8-7-16-6-4-5-15(3)11-16/h4-6,11,13-14,19H,7-10,12H2,1-3H3. The predicted molar refractivity (Wildman–Crippen MR) is 86.5 cm³/mol. The van der Waals surface area contributed by atoms with Gasteiger partial charge in [0.15, 0.2) is 5.89 Å². The van der Waals surface area contributed by atoms with Crippen molar-refractivity contribution < 1.29 is 4.42 Å². The van der Waals surface area contributed by atoms with E-state index in [4.69, 9.17) is 4.42 Å². The van der Waals surface area contributed by atoms with Gasteiger partial charge in [0.25, 0.3) is 0 Å². The van der Waals surface area contributed by atoms with Crippen molar-refractivity contribution >= 4 is 0 Å². The molecule has 0 fully saturated rings. The summed E-state index contributed by atoms with van der Waals surface area (Å²) >= 11 is 0. The first-order chi connectivity index (χ1) is 10.1. The fraction of sp³-hybridized carbons (Fsp3) is 0.500. The number of nitrogens with one attached hydrogen (secondary N) is 1.